The summed E-state index contributed by atoms with van der Waals surface area (Å²) >= 11 is 1.82. The standard InChI is InChI=1S/C46H36N2S/c1-45(2)38-16-10-8-14-33(38)35-21-18-31(27-40(35)45)47(32-19-22-36-34-15-9-11-17-39(34)46(3,4)41(36)28-32)30-20-23-42-37(26-30)44-43(24-25-49-44)48(42)29-12-6-5-7-13-29/h5-28H,1-4H3. The summed E-state index contributed by atoms with van der Waals surface area (Å²) in [5.41, 5.74) is 17.9. The van der Waals surface area contributed by atoms with Gasteiger partial charge in [0.25, 0.3) is 0 Å². The van der Waals surface area contributed by atoms with Gasteiger partial charge in [0, 0.05) is 39.0 Å². The van der Waals surface area contributed by atoms with Crippen LogP contribution >= 0.6 is 11.3 Å². The first-order chi connectivity index (χ1) is 23.8. The van der Waals surface area contributed by atoms with Crippen LogP contribution in [-0.4, -0.2) is 4.57 Å². The Morgan fingerprint density at radius 2 is 0.980 bits per heavy atom. The summed E-state index contributed by atoms with van der Waals surface area (Å²) in [4.78, 5) is 2.48. The third-order valence-corrected chi connectivity index (χ3v) is 12.2. The molecule has 2 aliphatic rings. The molecule has 6 aromatic carbocycles. The summed E-state index contributed by atoms with van der Waals surface area (Å²) in [6.07, 6.45) is 0. The number of aromatic nitrogens is 1. The van der Waals surface area contributed by atoms with Crippen LogP contribution in [0.4, 0.5) is 17.1 Å². The Kier molecular flexibility index (Phi) is 5.88. The lowest BCUT2D eigenvalue weighted by atomic mass is 9.82. The average Bonchev–Trinajstić information content (AvgIpc) is 3.84. The molecule has 2 aromatic heterocycles. The fourth-order valence-corrected chi connectivity index (χ4v) is 9.72. The predicted molar refractivity (Wildman–Crippen MR) is 208 cm³/mol. The van der Waals surface area contributed by atoms with Crippen LogP contribution in [0.5, 0.6) is 0 Å². The quantitative estimate of drug-likeness (QED) is 0.184. The predicted octanol–water partition coefficient (Wildman–Crippen LogP) is 12.9. The molecule has 10 rings (SSSR count). The Morgan fingerprint density at radius 3 is 1.59 bits per heavy atom. The highest BCUT2D eigenvalue weighted by atomic mass is 32.1. The van der Waals surface area contributed by atoms with E-state index in [2.05, 4.69) is 182 Å². The molecule has 0 saturated heterocycles. The van der Waals surface area contributed by atoms with E-state index in [0.717, 1.165) is 5.69 Å². The van der Waals surface area contributed by atoms with Crippen LogP contribution in [0.2, 0.25) is 0 Å². The molecule has 2 nitrogen and oxygen atoms in total. The zero-order chi connectivity index (χ0) is 33.1. The van der Waals surface area contributed by atoms with E-state index in [9.17, 15) is 0 Å². The maximum atomic E-state index is 2.48. The van der Waals surface area contributed by atoms with Crippen molar-refractivity contribution in [2.24, 2.45) is 0 Å². The number of para-hydroxylation sites is 1. The van der Waals surface area contributed by atoms with E-state index >= 15 is 0 Å². The number of anilines is 3. The molecule has 8 aromatic rings. The lowest BCUT2D eigenvalue weighted by Crippen LogP contribution is -2.18. The lowest BCUT2D eigenvalue weighted by Gasteiger charge is -2.30. The van der Waals surface area contributed by atoms with Crippen LogP contribution < -0.4 is 4.90 Å². The number of thiophene rings is 1. The summed E-state index contributed by atoms with van der Waals surface area (Å²) in [6, 6.07) is 52.1. The van der Waals surface area contributed by atoms with Gasteiger partial charge in [-0.3, -0.25) is 0 Å². The fourth-order valence-electron chi connectivity index (χ4n) is 8.82. The van der Waals surface area contributed by atoms with Gasteiger partial charge in [0.05, 0.1) is 15.7 Å². The summed E-state index contributed by atoms with van der Waals surface area (Å²) in [7, 11) is 0. The highest BCUT2D eigenvalue weighted by molar-refractivity contribution is 7.18. The molecule has 0 amide bonds. The molecule has 0 aliphatic heterocycles. The first kappa shape index (κ1) is 28.6. The molecule has 0 spiro atoms. The van der Waals surface area contributed by atoms with Crippen molar-refractivity contribution in [1.82, 2.24) is 4.57 Å². The van der Waals surface area contributed by atoms with Crippen molar-refractivity contribution in [3.8, 4) is 27.9 Å². The summed E-state index contributed by atoms with van der Waals surface area (Å²) in [6.45, 7) is 9.47. The van der Waals surface area contributed by atoms with Crippen LogP contribution in [0.15, 0.2) is 145 Å². The zero-order valence-electron chi connectivity index (χ0n) is 28.2. The second-order valence-corrected chi connectivity index (χ2v) is 15.6. The van der Waals surface area contributed by atoms with E-state index in [0.29, 0.717) is 0 Å². The van der Waals surface area contributed by atoms with Crippen LogP contribution in [0.25, 0.3) is 49.1 Å². The SMILES string of the molecule is CC1(C)c2ccccc2-c2ccc(N(c3ccc4c(c3)C(C)(C)c3ccccc3-4)c3ccc4c(c3)c3sccc3n4-c3ccccc3)cc21. The van der Waals surface area contributed by atoms with Crippen LogP contribution in [0, 0.1) is 0 Å². The largest absolute Gasteiger partial charge is 0.310 e. The molecule has 2 heterocycles. The minimum Gasteiger partial charge on any atom is -0.310 e. The van der Waals surface area contributed by atoms with Crippen LogP contribution in [0.3, 0.4) is 0 Å². The molecular weight excluding hydrogens is 613 g/mol. The van der Waals surface area contributed by atoms with Crippen LogP contribution in [0.1, 0.15) is 49.9 Å². The normalized spacial score (nSPS) is 14.9. The Hall–Kier alpha value is -5.38. The molecule has 236 valence electrons. The van der Waals surface area contributed by atoms with Gasteiger partial charge >= 0.3 is 0 Å². The van der Waals surface area contributed by atoms with Gasteiger partial charge in [0.2, 0.25) is 0 Å². The van der Waals surface area contributed by atoms with Crippen molar-refractivity contribution in [2.45, 2.75) is 38.5 Å². The third kappa shape index (κ3) is 3.94. The van der Waals surface area contributed by atoms with Gasteiger partial charge in [-0.2, -0.15) is 0 Å². The molecule has 2 aliphatic carbocycles. The van der Waals surface area contributed by atoms with Gasteiger partial charge in [-0.15, -0.1) is 11.3 Å². The maximum absolute atomic E-state index is 2.48. The Morgan fingerprint density at radius 1 is 0.469 bits per heavy atom. The summed E-state index contributed by atoms with van der Waals surface area (Å²) in [5.74, 6) is 0. The molecule has 0 atom stereocenters. The lowest BCUT2D eigenvalue weighted by molar-refractivity contribution is 0.660. The van der Waals surface area contributed by atoms with Gasteiger partial charge in [0.1, 0.15) is 0 Å². The van der Waals surface area contributed by atoms with E-state index in [4.69, 9.17) is 0 Å². The van der Waals surface area contributed by atoms with Crippen molar-refractivity contribution < 1.29 is 0 Å². The molecule has 49 heavy (non-hydrogen) atoms. The van der Waals surface area contributed by atoms with Gasteiger partial charge < -0.3 is 9.47 Å². The molecule has 0 saturated carbocycles. The smallest absolute Gasteiger partial charge is 0.0648 e. The number of hydrogen-bond donors (Lipinski definition) is 0. The van der Waals surface area contributed by atoms with E-state index < -0.39 is 0 Å². The van der Waals surface area contributed by atoms with E-state index in [1.165, 1.54) is 82.7 Å². The first-order valence-corrected chi connectivity index (χ1v) is 18.1. The van der Waals surface area contributed by atoms with E-state index in [-0.39, 0.29) is 10.8 Å². The minimum atomic E-state index is -0.0881. The average molecular weight is 649 g/mol. The molecule has 0 unspecified atom stereocenters. The first-order valence-electron chi connectivity index (χ1n) is 17.2. The van der Waals surface area contributed by atoms with E-state index in [1.54, 1.807) is 0 Å². The van der Waals surface area contributed by atoms with Crippen LogP contribution in [-0.2, 0) is 10.8 Å². The number of fused-ring (bicyclic) bond motifs is 9. The van der Waals surface area contributed by atoms with Crippen molar-refractivity contribution in [3.63, 3.8) is 0 Å². The maximum Gasteiger partial charge on any atom is 0.0648 e. The van der Waals surface area contributed by atoms with Crippen molar-refractivity contribution in [1.29, 1.82) is 0 Å². The van der Waals surface area contributed by atoms with Crippen molar-refractivity contribution >= 4 is 49.5 Å². The second kappa shape index (κ2) is 10.1. The summed E-state index contributed by atoms with van der Waals surface area (Å²) < 4.78 is 3.72. The van der Waals surface area contributed by atoms with E-state index in [1.807, 2.05) is 11.3 Å². The minimum absolute atomic E-state index is 0.0881. The second-order valence-electron chi connectivity index (χ2n) is 14.6. The number of hydrogen-bond acceptors (Lipinski definition) is 2. The van der Waals surface area contributed by atoms with Gasteiger partial charge in [-0.1, -0.05) is 107 Å². The van der Waals surface area contributed by atoms with Gasteiger partial charge in [-0.25, -0.2) is 0 Å². The van der Waals surface area contributed by atoms with Gasteiger partial charge in [-0.05, 0) is 111 Å². The Bertz CT molecular complexity index is 2510. The summed E-state index contributed by atoms with van der Waals surface area (Å²) in [5, 5.41) is 3.49. The van der Waals surface area contributed by atoms with Crippen molar-refractivity contribution in [3.05, 3.63) is 167 Å². The molecule has 0 bridgehead atoms. The molecule has 0 fully saturated rings. The Balaban J connectivity index is 1.20. The molecular formula is C46H36N2S. The number of nitrogens with zero attached hydrogens (tertiary/aromatic N) is 2. The number of rotatable bonds is 4. The topological polar surface area (TPSA) is 8.17 Å². The number of benzene rings is 6. The third-order valence-electron chi connectivity index (χ3n) is 11.3. The van der Waals surface area contributed by atoms with Crippen molar-refractivity contribution in [2.75, 3.05) is 4.90 Å². The fraction of sp³-hybridized carbons (Fsp3) is 0.130. The zero-order valence-corrected chi connectivity index (χ0v) is 29.0. The molecule has 0 radical (unpaired) electrons. The molecule has 3 heteroatoms. The highest BCUT2D eigenvalue weighted by Gasteiger charge is 2.37. The monoisotopic (exact) mass is 648 g/mol. The molecule has 0 N–H and O–H groups in total. The highest BCUT2D eigenvalue weighted by Crippen LogP contribution is 2.53. The van der Waals surface area contributed by atoms with Gasteiger partial charge in [0.15, 0.2) is 0 Å². The Labute approximate surface area is 291 Å².